The maximum absolute atomic E-state index is 5.74. The summed E-state index contributed by atoms with van der Waals surface area (Å²) in [6.07, 6.45) is 0.311. The molecule has 2 atom stereocenters. The summed E-state index contributed by atoms with van der Waals surface area (Å²) >= 11 is 1.53. The molecule has 1 aliphatic rings. The van der Waals surface area contributed by atoms with Crippen LogP contribution in [0, 0.1) is 0 Å². The van der Waals surface area contributed by atoms with Gasteiger partial charge in [-0.1, -0.05) is 17.4 Å². The third kappa shape index (κ3) is 2.64. The maximum Gasteiger partial charge on any atom is 0.181 e. The van der Waals surface area contributed by atoms with E-state index in [9.17, 15) is 0 Å². The van der Waals surface area contributed by atoms with E-state index < -0.39 is 0 Å². The Morgan fingerprint density at radius 3 is 2.65 bits per heavy atom. The third-order valence-electron chi connectivity index (χ3n) is 3.77. The quantitative estimate of drug-likeness (QED) is 0.930. The van der Waals surface area contributed by atoms with Gasteiger partial charge in [0.2, 0.25) is 0 Å². The van der Waals surface area contributed by atoms with E-state index in [0.29, 0.717) is 5.13 Å². The van der Waals surface area contributed by atoms with Crippen molar-refractivity contribution in [2.45, 2.75) is 18.8 Å². The van der Waals surface area contributed by atoms with Crippen molar-refractivity contribution in [3.05, 3.63) is 23.8 Å². The van der Waals surface area contributed by atoms with Crippen molar-refractivity contribution in [1.82, 2.24) is 9.88 Å². The third-order valence-corrected chi connectivity index (χ3v) is 4.62. The molecule has 2 heterocycles. The summed E-state index contributed by atoms with van der Waals surface area (Å²) in [6.45, 7) is 2.70. The maximum atomic E-state index is 5.74. The zero-order valence-corrected chi connectivity index (χ0v) is 12.5. The molecule has 0 amide bonds. The summed E-state index contributed by atoms with van der Waals surface area (Å²) in [5, 5.41) is 0.622. The lowest BCUT2D eigenvalue weighted by atomic mass is 10.2. The Hall–Kier alpha value is -1.21. The van der Waals surface area contributed by atoms with Crippen molar-refractivity contribution in [1.29, 1.82) is 0 Å². The summed E-state index contributed by atoms with van der Waals surface area (Å²) in [5.41, 5.74) is 7.99. The van der Waals surface area contributed by atoms with Crippen LogP contribution in [0.2, 0.25) is 0 Å². The second-order valence-corrected chi connectivity index (χ2v) is 6.16. The Morgan fingerprint density at radius 2 is 2.00 bits per heavy atom. The van der Waals surface area contributed by atoms with E-state index in [-0.39, 0.29) is 12.2 Å². The summed E-state index contributed by atoms with van der Waals surface area (Å²) in [7, 11) is 3.48. The number of rotatable bonds is 4. The predicted octanol–water partition coefficient (Wildman–Crippen LogP) is 1.72. The molecule has 5 nitrogen and oxygen atoms in total. The number of likely N-dealkylation sites (tertiary alicyclic amines) is 1. The Kier molecular flexibility index (Phi) is 3.89. The molecule has 0 saturated carbocycles. The number of hydrogen-bond acceptors (Lipinski definition) is 6. The highest BCUT2D eigenvalue weighted by atomic mass is 32.1. The van der Waals surface area contributed by atoms with Gasteiger partial charge in [-0.25, -0.2) is 4.98 Å². The minimum atomic E-state index is 0.155. The number of methoxy groups -OCH3 is 2. The Labute approximate surface area is 122 Å². The van der Waals surface area contributed by atoms with E-state index >= 15 is 0 Å². The highest BCUT2D eigenvalue weighted by molar-refractivity contribution is 7.22. The molecular formula is C14H19N3O2S. The Balaban J connectivity index is 1.73. The van der Waals surface area contributed by atoms with Crippen LogP contribution < -0.4 is 5.73 Å². The lowest BCUT2D eigenvalue weighted by Crippen LogP contribution is -2.27. The van der Waals surface area contributed by atoms with Gasteiger partial charge in [-0.3, -0.25) is 4.90 Å². The van der Waals surface area contributed by atoms with E-state index in [1.54, 1.807) is 14.2 Å². The molecule has 1 saturated heterocycles. The van der Waals surface area contributed by atoms with E-state index in [4.69, 9.17) is 15.2 Å². The van der Waals surface area contributed by atoms with Gasteiger partial charge in [-0.05, 0) is 17.7 Å². The van der Waals surface area contributed by atoms with Crippen molar-refractivity contribution in [2.75, 3.05) is 33.0 Å². The standard InChI is InChI=1S/C14H19N3O2S/c1-18-11-7-17(8-12(11)19-2)6-9-3-4-10-13(5-9)20-14(15)16-10/h3-5,11-12H,6-8H2,1-2H3,(H2,15,16). The van der Waals surface area contributed by atoms with Crippen LogP contribution in [0.5, 0.6) is 0 Å². The Morgan fingerprint density at radius 1 is 1.30 bits per heavy atom. The lowest BCUT2D eigenvalue weighted by molar-refractivity contribution is -0.00461. The molecule has 0 spiro atoms. The molecule has 6 heteroatoms. The molecule has 3 rings (SSSR count). The van der Waals surface area contributed by atoms with E-state index in [1.807, 2.05) is 6.07 Å². The normalized spacial score (nSPS) is 23.7. The molecule has 1 aliphatic heterocycles. The minimum Gasteiger partial charge on any atom is -0.377 e. The average Bonchev–Trinajstić information content (AvgIpc) is 3.00. The van der Waals surface area contributed by atoms with Gasteiger partial charge in [0.05, 0.1) is 22.4 Å². The van der Waals surface area contributed by atoms with Gasteiger partial charge < -0.3 is 15.2 Å². The molecule has 1 aromatic heterocycles. The molecule has 2 N–H and O–H groups in total. The lowest BCUT2D eigenvalue weighted by Gasteiger charge is -2.15. The van der Waals surface area contributed by atoms with Crippen LogP contribution in [-0.4, -0.2) is 49.4 Å². The second kappa shape index (κ2) is 5.65. The van der Waals surface area contributed by atoms with Gasteiger partial charge in [0.1, 0.15) is 0 Å². The first kappa shape index (κ1) is 13.8. The van der Waals surface area contributed by atoms with Crippen LogP contribution in [0.1, 0.15) is 5.56 Å². The highest BCUT2D eigenvalue weighted by Gasteiger charge is 2.32. The van der Waals surface area contributed by atoms with Crippen LogP contribution in [0.25, 0.3) is 10.2 Å². The summed E-state index contributed by atoms with van der Waals surface area (Å²) < 4.78 is 12.1. The van der Waals surface area contributed by atoms with Crippen molar-refractivity contribution < 1.29 is 9.47 Å². The number of aromatic nitrogens is 1. The number of fused-ring (bicyclic) bond motifs is 1. The largest absolute Gasteiger partial charge is 0.377 e. The fraction of sp³-hybridized carbons (Fsp3) is 0.500. The molecule has 20 heavy (non-hydrogen) atoms. The monoisotopic (exact) mass is 293 g/mol. The zero-order chi connectivity index (χ0) is 14.1. The summed E-state index contributed by atoms with van der Waals surface area (Å²) in [6, 6.07) is 6.32. The molecule has 0 radical (unpaired) electrons. The molecule has 1 aromatic carbocycles. The molecule has 0 bridgehead atoms. The highest BCUT2D eigenvalue weighted by Crippen LogP contribution is 2.26. The number of benzene rings is 1. The molecule has 2 aromatic rings. The zero-order valence-electron chi connectivity index (χ0n) is 11.7. The number of hydrogen-bond donors (Lipinski definition) is 1. The molecular weight excluding hydrogens is 274 g/mol. The van der Waals surface area contributed by atoms with Gasteiger partial charge in [0.15, 0.2) is 5.13 Å². The van der Waals surface area contributed by atoms with Crippen molar-refractivity contribution >= 4 is 26.7 Å². The van der Waals surface area contributed by atoms with Crippen molar-refractivity contribution in [2.24, 2.45) is 0 Å². The van der Waals surface area contributed by atoms with Gasteiger partial charge in [0.25, 0.3) is 0 Å². The first-order chi connectivity index (χ1) is 9.69. The first-order valence-electron chi connectivity index (χ1n) is 6.62. The number of nitrogens with zero attached hydrogens (tertiary/aromatic N) is 2. The molecule has 1 fully saturated rings. The van der Waals surface area contributed by atoms with Crippen LogP contribution in [-0.2, 0) is 16.0 Å². The van der Waals surface area contributed by atoms with Crippen LogP contribution in [0.3, 0.4) is 0 Å². The van der Waals surface area contributed by atoms with E-state index in [0.717, 1.165) is 29.9 Å². The van der Waals surface area contributed by atoms with E-state index in [1.165, 1.54) is 16.9 Å². The number of anilines is 1. The Bertz CT molecular complexity index is 589. The summed E-state index contributed by atoms with van der Waals surface area (Å²) in [5.74, 6) is 0. The van der Waals surface area contributed by atoms with Crippen molar-refractivity contribution in [3.8, 4) is 0 Å². The SMILES string of the molecule is COC1CN(Cc2ccc3nc(N)sc3c2)CC1OC. The van der Waals surface area contributed by atoms with Crippen LogP contribution in [0.4, 0.5) is 5.13 Å². The van der Waals surface area contributed by atoms with Gasteiger partial charge >= 0.3 is 0 Å². The molecule has 108 valence electrons. The fourth-order valence-corrected chi connectivity index (χ4v) is 3.54. The predicted molar refractivity (Wildman–Crippen MR) is 80.9 cm³/mol. The topological polar surface area (TPSA) is 60.6 Å². The number of ether oxygens (including phenoxy) is 2. The second-order valence-electron chi connectivity index (χ2n) is 5.10. The number of nitrogen functional groups attached to an aromatic ring is 1. The van der Waals surface area contributed by atoms with Crippen LogP contribution in [0.15, 0.2) is 18.2 Å². The molecule has 2 unspecified atom stereocenters. The van der Waals surface area contributed by atoms with Crippen LogP contribution >= 0.6 is 11.3 Å². The minimum absolute atomic E-state index is 0.155. The first-order valence-corrected chi connectivity index (χ1v) is 7.44. The summed E-state index contributed by atoms with van der Waals surface area (Å²) in [4.78, 5) is 6.63. The van der Waals surface area contributed by atoms with E-state index in [2.05, 4.69) is 22.0 Å². The van der Waals surface area contributed by atoms with Gasteiger partial charge in [-0.15, -0.1) is 0 Å². The average molecular weight is 293 g/mol. The van der Waals surface area contributed by atoms with Gasteiger partial charge in [-0.2, -0.15) is 0 Å². The van der Waals surface area contributed by atoms with Gasteiger partial charge in [0, 0.05) is 33.9 Å². The fourth-order valence-electron chi connectivity index (χ4n) is 2.74. The number of nitrogens with two attached hydrogens (primary N) is 1. The molecule has 0 aliphatic carbocycles. The van der Waals surface area contributed by atoms with Crippen molar-refractivity contribution in [3.63, 3.8) is 0 Å². The number of thiazole rings is 1. The smallest absolute Gasteiger partial charge is 0.181 e.